The van der Waals surface area contributed by atoms with Crippen LogP contribution in [0.5, 0.6) is 0 Å². The summed E-state index contributed by atoms with van der Waals surface area (Å²) in [7, 11) is 0. The van der Waals surface area contributed by atoms with Crippen LogP contribution < -0.4 is 5.84 Å². The number of ether oxygens (including phenoxy) is 1. The summed E-state index contributed by atoms with van der Waals surface area (Å²) in [6.07, 6.45) is 10.2. The van der Waals surface area contributed by atoms with E-state index in [-0.39, 0.29) is 16.8 Å². The molecule has 4 heterocycles. The quantitative estimate of drug-likeness (QED) is 0.625. The van der Waals surface area contributed by atoms with Gasteiger partial charge in [0.1, 0.15) is 17.5 Å². The minimum absolute atomic E-state index is 0.0389. The number of likely N-dealkylation sites (tertiary alicyclic amines) is 1. The van der Waals surface area contributed by atoms with Gasteiger partial charge in [-0.15, -0.1) is 5.84 Å². The molecule has 3 aliphatic rings. The molecular formula is C20H25N6O3+. The third-order valence-corrected chi connectivity index (χ3v) is 4.66. The summed E-state index contributed by atoms with van der Waals surface area (Å²) in [5.74, 6) is 7.85. The van der Waals surface area contributed by atoms with E-state index in [1.54, 1.807) is 35.7 Å². The van der Waals surface area contributed by atoms with Crippen LogP contribution in [0.25, 0.3) is 0 Å². The number of hydrogen-bond acceptors (Lipinski definition) is 7. The first-order valence-electron chi connectivity index (χ1n) is 9.59. The van der Waals surface area contributed by atoms with Gasteiger partial charge in [-0.2, -0.15) is 4.99 Å². The molecule has 2 unspecified atom stereocenters. The maximum atomic E-state index is 12.4. The summed E-state index contributed by atoms with van der Waals surface area (Å²) in [5.41, 5.74) is 0.127. The molecule has 4 rings (SSSR count). The molecule has 1 aromatic heterocycles. The van der Waals surface area contributed by atoms with E-state index in [1.165, 1.54) is 0 Å². The summed E-state index contributed by atoms with van der Waals surface area (Å²) in [4.78, 5) is 23.0. The van der Waals surface area contributed by atoms with Crippen molar-refractivity contribution in [3.05, 3.63) is 48.2 Å². The number of allylic oxidation sites excluding steroid dienone is 1. The van der Waals surface area contributed by atoms with Crippen molar-refractivity contribution in [2.24, 2.45) is 20.9 Å². The number of carbonyl (C=O) groups excluding carboxylic acids is 1. The van der Waals surface area contributed by atoms with E-state index in [4.69, 9.17) is 15.0 Å². The van der Waals surface area contributed by atoms with Crippen molar-refractivity contribution in [1.29, 1.82) is 0 Å². The number of nitrogens with zero attached hydrogens (tertiary/aromatic N) is 5. The summed E-state index contributed by atoms with van der Waals surface area (Å²) in [5, 5.41) is 4.45. The molecule has 29 heavy (non-hydrogen) atoms. The van der Waals surface area contributed by atoms with Crippen LogP contribution in [-0.2, 0) is 4.74 Å². The fraction of sp³-hybridized carbons (Fsp3) is 0.400. The highest BCUT2D eigenvalue weighted by Crippen LogP contribution is 2.24. The lowest BCUT2D eigenvalue weighted by molar-refractivity contribution is -0.803. The second-order valence-corrected chi connectivity index (χ2v) is 8.16. The lowest BCUT2D eigenvalue weighted by Crippen LogP contribution is -2.50. The van der Waals surface area contributed by atoms with Crippen LogP contribution in [0.1, 0.15) is 39.4 Å². The molecule has 3 aliphatic heterocycles. The Morgan fingerprint density at radius 3 is 3.00 bits per heavy atom. The van der Waals surface area contributed by atoms with Gasteiger partial charge in [0.25, 0.3) is 11.7 Å². The maximum Gasteiger partial charge on any atom is 0.410 e. The van der Waals surface area contributed by atoms with Gasteiger partial charge in [-0.1, -0.05) is 6.08 Å². The first-order chi connectivity index (χ1) is 13.7. The lowest BCUT2D eigenvalue weighted by Gasteiger charge is -2.27. The minimum Gasteiger partial charge on any atom is -0.461 e. The van der Waals surface area contributed by atoms with Gasteiger partial charge in [0.05, 0.1) is 12.3 Å². The molecular weight excluding hydrogens is 372 g/mol. The summed E-state index contributed by atoms with van der Waals surface area (Å²) >= 11 is 0. The van der Waals surface area contributed by atoms with Crippen molar-refractivity contribution in [2.75, 3.05) is 6.54 Å². The molecule has 0 bridgehead atoms. The molecule has 0 radical (unpaired) electrons. The Balaban J connectivity index is 1.49. The first-order valence-corrected chi connectivity index (χ1v) is 9.59. The molecule has 1 amide bonds. The Morgan fingerprint density at radius 1 is 1.45 bits per heavy atom. The standard InChI is InChI=1S/C20H25N6O3/c1-20(2,3)29-19(27)25-10-4-6-15(25)9-8-14-13-26(21)17(12-22-14)23-18(24-26)16-7-5-11-28-16/h5,7-9,11-13,15H,4,6,10,21H2,1-3H3/q+1/b9-8+. The van der Waals surface area contributed by atoms with Crippen molar-refractivity contribution < 1.29 is 18.6 Å². The molecule has 1 aromatic rings. The number of furan rings is 1. The number of nitrogens with two attached hydrogens (primary N) is 1. The highest BCUT2D eigenvalue weighted by molar-refractivity contribution is 6.31. The molecule has 2 atom stereocenters. The van der Waals surface area contributed by atoms with E-state index in [0.717, 1.165) is 12.8 Å². The summed E-state index contributed by atoms with van der Waals surface area (Å²) < 4.78 is 10.5. The van der Waals surface area contributed by atoms with Gasteiger partial charge in [-0.25, -0.2) is 9.79 Å². The minimum atomic E-state index is -0.518. The van der Waals surface area contributed by atoms with Crippen LogP contribution in [0, 0.1) is 0 Å². The normalized spacial score (nSPS) is 26.4. The SMILES string of the molecule is CC(C)(C)OC(=O)N1CCCC1/C=C/C1=C[N+]2(N)N=C(c3ccco3)N=C2C=N1. The van der Waals surface area contributed by atoms with Crippen molar-refractivity contribution >= 4 is 24.0 Å². The zero-order valence-electron chi connectivity index (χ0n) is 16.8. The van der Waals surface area contributed by atoms with E-state index in [1.807, 2.05) is 32.9 Å². The van der Waals surface area contributed by atoms with Gasteiger partial charge in [0, 0.05) is 6.54 Å². The number of rotatable bonds is 3. The average Bonchev–Trinajstić information content (AvgIpc) is 3.36. The van der Waals surface area contributed by atoms with E-state index < -0.39 is 5.60 Å². The number of amides is 1. The second kappa shape index (κ2) is 7.09. The molecule has 1 fully saturated rings. The fourth-order valence-electron chi connectivity index (χ4n) is 3.35. The molecule has 0 saturated carbocycles. The predicted molar refractivity (Wildman–Crippen MR) is 109 cm³/mol. The first kappa shape index (κ1) is 19.3. The second-order valence-electron chi connectivity index (χ2n) is 8.16. The van der Waals surface area contributed by atoms with Crippen LogP contribution in [0.4, 0.5) is 4.79 Å². The van der Waals surface area contributed by atoms with E-state index in [2.05, 4.69) is 15.1 Å². The van der Waals surface area contributed by atoms with Crippen LogP contribution in [0.2, 0.25) is 0 Å². The topological polar surface area (TPSA) is 106 Å². The molecule has 9 heteroatoms. The Hall–Kier alpha value is -3.04. The molecule has 152 valence electrons. The number of fused-ring (bicyclic) bond motifs is 1. The van der Waals surface area contributed by atoms with Gasteiger partial charge in [-0.3, -0.25) is 0 Å². The number of aliphatic imine (C=N–C) groups is 2. The van der Waals surface area contributed by atoms with Gasteiger partial charge < -0.3 is 14.1 Å². The van der Waals surface area contributed by atoms with Crippen molar-refractivity contribution in [2.45, 2.75) is 45.3 Å². The van der Waals surface area contributed by atoms with Gasteiger partial charge >= 0.3 is 6.09 Å². The number of hydrogen-bond donors (Lipinski definition) is 1. The molecule has 9 nitrogen and oxygen atoms in total. The number of amidine groups is 2. The number of quaternary nitrogens is 1. The van der Waals surface area contributed by atoms with Gasteiger partial charge in [-0.05, 0) is 61.6 Å². The highest BCUT2D eigenvalue weighted by atomic mass is 16.6. The molecule has 0 aliphatic carbocycles. The monoisotopic (exact) mass is 397 g/mol. The van der Waals surface area contributed by atoms with Crippen molar-refractivity contribution in [3.8, 4) is 0 Å². The molecule has 1 saturated heterocycles. The third kappa shape index (κ3) is 4.06. The van der Waals surface area contributed by atoms with Crippen molar-refractivity contribution in [1.82, 2.24) is 4.90 Å². The fourth-order valence-corrected chi connectivity index (χ4v) is 3.35. The zero-order valence-corrected chi connectivity index (χ0v) is 16.8. The van der Waals surface area contributed by atoms with Gasteiger partial charge in [0.2, 0.25) is 0 Å². The Morgan fingerprint density at radius 2 is 2.28 bits per heavy atom. The smallest absolute Gasteiger partial charge is 0.410 e. The number of carbonyl (C=O) groups is 1. The van der Waals surface area contributed by atoms with Crippen LogP contribution in [0.15, 0.2) is 61.9 Å². The average molecular weight is 397 g/mol. The zero-order chi connectivity index (χ0) is 20.6. The van der Waals surface area contributed by atoms with Crippen LogP contribution >= 0.6 is 0 Å². The molecule has 0 aromatic carbocycles. The summed E-state index contributed by atoms with van der Waals surface area (Å²) in [6, 6.07) is 3.51. The largest absolute Gasteiger partial charge is 0.461 e. The Labute approximate surface area is 169 Å². The predicted octanol–water partition coefficient (Wildman–Crippen LogP) is 2.93. The third-order valence-electron chi connectivity index (χ3n) is 4.66. The van der Waals surface area contributed by atoms with Crippen LogP contribution in [0.3, 0.4) is 0 Å². The maximum absolute atomic E-state index is 12.4. The highest BCUT2D eigenvalue weighted by Gasteiger charge is 2.39. The van der Waals surface area contributed by atoms with E-state index in [0.29, 0.717) is 29.7 Å². The van der Waals surface area contributed by atoms with Crippen molar-refractivity contribution in [3.63, 3.8) is 0 Å². The Kier molecular flexibility index (Phi) is 4.71. The summed E-state index contributed by atoms with van der Waals surface area (Å²) in [6.45, 7) is 6.27. The lowest BCUT2D eigenvalue weighted by atomic mass is 10.2. The van der Waals surface area contributed by atoms with Gasteiger partial charge in [0.15, 0.2) is 12.0 Å². The van der Waals surface area contributed by atoms with Crippen LogP contribution in [-0.4, -0.2) is 51.8 Å². The molecule has 0 spiro atoms. The molecule has 2 N–H and O–H groups in total. The van der Waals surface area contributed by atoms with E-state index >= 15 is 0 Å². The Bertz CT molecular complexity index is 951. The van der Waals surface area contributed by atoms with E-state index in [9.17, 15) is 4.79 Å².